The Labute approximate surface area is 82.9 Å². The SMILES string of the molecule is CC(C)N1CCc2n[nH]c(=O)cc2C1. The Kier molecular flexibility index (Phi) is 2.37. The van der Waals surface area contributed by atoms with E-state index >= 15 is 0 Å². The molecule has 0 fully saturated rings. The van der Waals surface area contributed by atoms with Gasteiger partial charge in [-0.25, -0.2) is 5.10 Å². The van der Waals surface area contributed by atoms with E-state index in [4.69, 9.17) is 0 Å². The average Bonchev–Trinajstić information content (AvgIpc) is 2.16. The summed E-state index contributed by atoms with van der Waals surface area (Å²) in [6.07, 6.45) is 0.935. The zero-order valence-electron chi connectivity index (χ0n) is 8.58. The molecule has 4 heteroatoms. The van der Waals surface area contributed by atoms with Gasteiger partial charge in [0.25, 0.3) is 5.56 Å². The van der Waals surface area contributed by atoms with Crippen LogP contribution in [0.2, 0.25) is 0 Å². The molecule has 1 aromatic heterocycles. The quantitative estimate of drug-likeness (QED) is 0.708. The Bertz CT molecular complexity index is 383. The topological polar surface area (TPSA) is 49.0 Å². The third-order valence-electron chi connectivity index (χ3n) is 2.72. The van der Waals surface area contributed by atoms with Crippen molar-refractivity contribution in [1.82, 2.24) is 15.1 Å². The third kappa shape index (κ3) is 1.70. The first-order valence-electron chi connectivity index (χ1n) is 4.98. The van der Waals surface area contributed by atoms with Crippen molar-refractivity contribution in [3.05, 3.63) is 27.7 Å². The molecular weight excluding hydrogens is 178 g/mol. The Morgan fingerprint density at radius 1 is 1.57 bits per heavy atom. The first kappa shape index (κ1) is 9.40. The minimum absolute atomic E-state index is 0.102. The molecule has 0 saturated heterocycles. The van der Waals surface area contributed by atoms with E-state index in [0.29, 0.717) is 6.04 Å². The van der Waals surface area contributed by atoms with Crippen LogP contribution in [0.3, 0.4) is 0 Å². The van der Waals surface area contributed by atoms with Gasteiger partial charge in [-0.05, 0) is 19.4 Å². The Balaban J connectivity index is 2.29. The van der Waals surface area contributed by atoms with Gasteiger partial charge >= 0.3 is 0 Å². The fourth-order valence-corrected chi connectivity index (χ4v) is 1.81. The van der Waals surface area contributed by atoms with E-state index in [0.717, 1.165) is 30.8 Å². The van der Waals surface area contributed by atoms with Crippen molar-refractivity contribution in [1.29, 1.82) is 0 Å². The van der Waals surface area contributed by atoms with E-state index in [1.54, 1.807) is 6.07 Å². The van der Waals surface area contributed by atoms with Crippen LogP contribution in [0.15, 0.2) is 10.9 Å². The average molecular weight is 193 g/mol. The van der Waals surface area contributed by atoms with Crippen LogP contribution in [0, 0.1) is 0 Å². The molecule has 0 amide bonds. The van der Waals surface area contributed by atoms with Crippen molar-refractivity contribution < 1.29 is 0 Å². The third-order valence-corrected chi connectivity index (χ3v) is 2.72. The van der Waals surface area contributed by atoms with Gasteiger partial charge in [0, 0.05) is 31.6 Å². The normalized spacial score (nSPS) is 17.1. The maximum atomic E-state index is 11.1. The van der Waals surface area contributed by atoms with Crippen LogP contribution >= 0.6 is 0 Å². The van der Waals surface area contributed by atoms with Crippen LogP contribution in [0.1, 0.15) is 25.1 Å². The van der Waals surface area contributed by atoms with E-state index in [9.17, 15) is 4.79 Å². The highest BCUT2D eigenvalue weighted by atomic mass is 16.1. The maximum Gasteiger partial charge on any atom is 0.264 e. The largest absolute Gasteiger partial charge is 0.296 e. The zero-order chi connectivity index (χ0) is 10.1. The van der Waals surface area contributed by atoms with Gasteiger partial charge in [-0.15, -0.1) is 0 Å². The predicted molar refractivity (Wildman–Crippen MR) is 54.1 cm³/mol. The van der Waals surface area contributed by atoms with Gasteiger partial charge in [-0.2, -0.15) is 5.10 Å². The number of nitrogens with zero attached hydrogens (tertiary/aromatic N) is 2. The van der Waals surface area contributed by atoms with Crippen LogP contribution in [-0.2, 0) is 13.0 Å². The number of hydrogen-bond acceptors (Lipinski definition) is 3. The number of aromatic nitrogens is 2. The molecule has 0 saturated carbocycles. The molecule has 4 nitrogen and oxygen atoms in total. The summed E-state index contributed by atoms with van der Waals surface area (Å²) in [6.45, 7) is 6.23. The van der Waals surface area contributed by atoms with Crippen LogP contribution in [0.4, 0.5) is 0 Å². The number of fused-ring (bicyclic) bond motifs is 1. The van der Waals surface area contributed by atoms with Crippen molar-refractivity contribution in [2.75, 3.05) is 6.54 Å². The number of nitrogens with one attached hydrogen (secondary N) is 1. The first-order chi connectivity index (χ1) is 6.66. The smallest absolute Gasteiger partial charge is 0.264 e. The monoisotopic (exact) mass is 193 g/mol. The highest BCUT2D eigenvalue weighted by Gasteiger charge is 2.19. The molecule has 0 aromatic carbocycles. The first-order valence-corrected chi connectivity index (χ1v) is 4.98. The van der Waals surface area contributed by atoms with Gasteiger partial charge in [0.15, 0.2) is 0 Å². The van der Waals surface area contributed by atoms with Gasteiger partial charge in [0.2, 0.25) is 0 Å². The maximum absolute atomic E-state index is 11.1. The van der Waals surface area contributed by atoms with Crippen molar-refractivity contribution >= 4 is 0 Å². The molecule has 1 aliphatic heterocycles. The lowest BCUT2D eigenvalue weighted by atomic mass is 10.1. The molecule has 1 aromatic rings. The molecule has 2 rings (SSSR count). The highest BCUT2D eigenvalue weighted by molar-refractivity contribution is 5.20. The minimum atomic E-state index is -0.102. The van der Waals surface area contributed by atoms with Crippen molar-refractivity contribution in [3.8, 4) is 0 Å². The molecule has 1 aliphatic rings. The Hall–Kier alpha value is -1.16. The van der Waals surface area contributed by atoms with Gasteiger partial charge < -0.3 is 0 Å². The number of aromatic amines is 1. The predicted octanol–water partition coefficient (Wildman–Crippen LogP) is 0.536. The molecule has 0 radical (unpaired) electrons. The summed E-state index contributed by atoms with van der Waals surface area (Å²) in [6, 6.07) is 2.19. The van der Waals surface area contributed by atoms with Crippen molar-refractivity contribution in [3.63, 3.8) is 0 Å². The molecule has 0 unspecified atom stereocenters. The summed E-state index contributed by atoms with van der Waals surface area (Å²) in [5, 5.41) is 6.53. The van der Waals surface area contributed by atoms with Crippen molar-refractivity contribution in [2.45, 2.75) is 32.9 Å². The number of rotatable bonds is 1. The second-order valence-corrected chi connectivity index (χ2v) is 4.02. The van der Waals surface area contributed by atoms with Gasteiger partial charge in [0.05, 0.1) is 5.69 Å². The summed E-state index contributed by atoms with van der Waals surface area (Å²) in [4.78, 5) is 13.4. The number of hydrogen-bond donors (Lipinski definition) is 1. The molecule has 0 spiro atoms. The minimum Gasteiger partial charge on any atom is -0.296 e. The van der Waals surface area contributed by atoms with Crippen LogP contribution < -0.4 is 5.56 Å². The van der Waals surface area contributed by atoms with Crippen molar-refractivity contribution in [2.24, 2.45) is 0 Å². The molecule has 0 aliphatic carbocycles. The summed E-state index contributed by atoms with van der Waals surface area (Å²) in [5.74, 6) is 0. The Morgan fingerprint density at radius 3 is 3.07 bits per heavy atom. The van der Waals surface area contributed by atoms with Gasteiger partial charge in [-0.3, -0.25) is 9.69 Å². The molecule has 2 heterocycles. The molecule has 0 atom stereocenters. The lowest BCUT2D eigenvalue weighted by molar-refractivity contribution is 0.201. The molecule has 1 N–H and O–H groups in total. The summed E-state index contributed by atoms with van der Waals surface area (Å²) in [5.41, 5.74) is 2.02. The molecular formula is C10H15N3O. The fraction of sp³-hybridized carbons (Fsp3) is 0.600. The van der Waals surface area contributed by atoms with E-state index < -0.39 is 0 Å². The van der Waals surface area contributed by atoms with Crippen LogP contribution in [0.25, 0.3) is 0 Å². The Morgan fingerprint density at radius 2 is 2.36 bits per heavy atom. The van der Waals surface area contributed by atoms with E-state index in [-0.39, 0.29) is 5.56 Å². The van der Waals surface area contributed by atoms with E-state index in [1.807, 2.05) is 0 Å². The summed E-state index contributed by atoms with van der Waals surface area (Å²) >= 11 is 0. The lowest BCUT2D eigenvalue weighted by Gasteiger charge is -2.30. The fourth-order valence-electron chi connectivity index (χ4n) is 1.81. The molecule has 14 heavy (non-hydrogen) atoms. The second kappa shape index (κ2) is 3.53. The van der Waals surface area contributed by atoms with Gasteiger partial charge in [-0.1, -0.05) is 0 Å². The van der Waals surface area contributed by atoms with E-state index in [1.165, 1.54) is 0 Å². The lowest BCUT2D eigenvalue weighted by Crippen LogP contribution is -2.37. The van der Waals surface area contributed by atoms with E-state index in [2.05, 4.69) is 28.9 Å². The standard InChI is InChI=1S/C10H15N3O/c1-7(2)13-4-3-9-8(6-13)5-10(14)12-11-9/h5,7H,3-4,6H2,1-2H3,(H,12,14). The molecule has 0 bridgehead atoms. The molecule has 76 valence electrons. The zero-order valence-corrected chi connectivity index (χ0v) is 8.58. The van der Waals surface area contributed by atoms with Crippen LogP contribution in [0.5, 0.6) is 0 Å². The van der Waals surface area contributed by atoms with Gasteiger partial charge in [0.1, 0.15) is 0 Å². The van der Waals surface area contributed by atoms with Crippen LogP contribution in [-0.4, -0.2) is 27.7 Å². The summed E-state index contributed by atoms with van der Waals surface area (Å²) < 4.78 is 0. The highest BCUT2D eigenvalue weighted by Crippen LogP contribution is 2.16. The summed E-state index contributed by atoms with van der Waals surface area (Å²) in [7, 11) is 0. The number of H-pyrrole nitrogens is 1. The second-order valence-electron chi connectivity index (χ2n) is 4.02.